The number of aromatic nitrogens is 4. The highest BCUT2D eigenvalue weighted by Crippen LogP contribution is 2.21. The number of rotatable bonds is 3. The van der Waals surface area contributed by atoms with Gasteiger partial charge >= 0.3 is 0 Å². The Balaban J connectivity index is 1.64. The topological polar surface area (TPSA) is 63.9 Å². The zero-order valence-electron chi connectivity index (χ0n) is 11.7. The molecule has 1 aliphatic rings. The molecule has 1 saturated heterocycles. The van der Waals surface area contributed by atoms with E-state index in [2.05, 4.69) is 15.1 Å². The summed E-state index contributed by atoms with van der Waals surface area (Å²) in [6.45, 7) is 4.99. The van der Waals surface area contributed by atoms with Crippen LogP contribution in [0.4, 0.5) is 0 Å². The zero-order chi connectivity index (χ0) is 14.1. The molecule has 0 unspecified atom stereocenters. The molecule has 2 aromatic rings. The minimum atomic E-state index is 0.130. The van der Waals surface area contributed by atoms with Gasteiger partial charge in [-0.3, -0.25) is 9.48 Å². The van der Waals surface area contributed by atoms with Crippen molar-refractivity contribution in [3.8, 4) is 0 Å². The Hall–Kier alpha value is -2.24. The third kappa shape index (κ3) is 2.54. The molecule has 2 aromatic heterocycles. The standard InChI is InChI=1S/C14H17N5O/c1-10-15-4-3-13(17-10)5-12-6-16-19(7-12)14-8-18(9-14)11(2)20/h3-4,6-7,14H,5,8-9H2,1-2H3. The molecule has 0 bridgehead atoms. The number of aryl methyl sites for hydroxylation is 1. The largest absolute Gasteiger partial charge is 0.339 e. The Labute approximate surface area is 117 Å². The second-order valence-electron chi connectivity index (χ2n) is 5.18. The van der Waals surface area contributed by atoms with Gasteiger partial charge in [-0.25, -0.2) is 9.97 Å². The van der Waals surface area contributed by atoms with Gasteiger partial charge in [-0.1, -0.05) is 0 Å². The van der Waals surface area contributed by atoms with E-state index in [1.165, 1.54) is 0 Å². The van der Waals surface area contributed by atoms with Crippen molar-refractivity contribution in [3.63, 3.8) is 0 Å². The molecule has 104 valence electrons. The van der Waals surface area contributed by atoms with Gasteiger partial charge in [-0.15, -0.1) is 0 Å². The molecule has 3 rings (SSSR count). The number of hydrogen-bond acceptors (Lipinski definition) is 4. The van der Waals surface area contributed by atoms with Crippen molar-refractivity contribution in [2.24, 2.45) is 0 Å². The summed E-state index contributed by atoms with van der Waals surface area (Å²) in [5, 5.41) is 4.39. The number of nitrogens with zero attached hydrogens (tertiary/aromatic N) is 5. The SMILES string of the molecule is CC(=O)N1CC(n2cc(Cc3ccnc(C)n3)cn2)C1. The van der Waals surface area contributed by atoms with Crippen LogP contribution in [0, 0.1) is 6.92 Å². The molecule has 1 aliphatic heterocycles. The highest BCUT2D eigenvalue weighted by Gasteiger charge is 2.30. The zero-order valence-corrected chi connectivity index (χ0v) is 11.7. The molecule has 6 heteroatoms. The molecular formula is C14H17N5O. The maximum atomic E-state index is 11.2. The van der Waals surface area contributed by atoms with E-state index >= 15 is 0 Å². The number of hydrogen-bond donors (Lipinski definition) is 0. The van der Waals surface area contributed by atoms with Gasteiger partial charge in [-0.2, -0.15) is 5.10 Å². The molecule has 0 radical (unpaired) electrons. The lowest BCUT2D eigenvalue weighted by atomic mass is 10.1. The predicted molar refractivity (Wildman–Crippen MR) is 73.1 cm³/mol. The third-order valence-corrected chi connectivity index (χ3v) is 3.56. The van der Waals surface area contributed by atoms with E-state index in [0.717, 1.165) is 36.6 Å². The van der Waals surface area contributed by atoms with E-state index in [1.54, 1.807) is 13.1 Å². The van der Waals surface area contributed by atoms with Crippen LogP contribution in [-0.4, -0.2) is 43.6 Å². The van der Waals surface area contributed by atoms with Gasteiger partial charge in [0.05, 0.1) is 12.2 Å². The van der Waals surface area contributed by atoms with Crippen LogP contribution in [-0.2, 0) is 11.2 Å². The van der Waals surface area contributed by atoms with Crippen LogP contribution in [0.2, 0.25) is 0 Å². The average molecular weight is 271 g/mol. The summed E-state index contributed by atoms with van der Waals surface area (Å²) in [5.41, 5.74) is 2.13. The van der Waals surface area contributed by atoms with Gasteiger partial charge in [0.15, 0.2) is 0 Å². The first kappa shape index (κ1) is 12.8. The molecule has 0 aromatic carbocycles. The van der Waals surface area contributed by atoms with E-state index in [1.807, 2.05) is 35.0 Å². The number of likely N-dealkylation sites (tertiary alicyclic amines) is 1. The number of amides is 1. The van der Waals surface area contributed by atoms with Gasteiger partial charge < -0.3 is 4.90 Å². The molecule has 0 N–H and O–H groups in total. The van der Waals surface area contributed by atoms with E-state index in [4.69, 9.17) is 0 Å². The van der Waals surface area contributed by atoms with Gasteiger partial charge in [0.2, 0.25) is 5.91 Å². The first-order chi connectivity index (χ1) is 9.61. The molecule has 1 fully saturated rings. The second-order valence-corrected chi connectivity index (χ2v) is 5.18. The van der Waals surface area contributed by atoms with Crippen LogP contribution in [0.25, 0.3) is 0 Å². The number of carbonyl (C=O) groups is 1. The smallest absolute Gasteiger partial charge is 0.219 e. The third-order valence-electron chi connectivity index (χ3n) is 3.56. The van der Waals surface area contributed by atoms with Crippen LogP contribution in [0.15, 0.2) is 24.7 Å². The van der Waals surface area contributed by atoms with Gasteiger partial charge in [0, 0.05) is 44.5 Å². The summed E-state index contributed by atoms with van der Waals surface area (Å²) >= 11 is 0. The fourth-order valence-corrected chi connectivity index (χ4v) is 2.36. The molecule has 0 spiro atoms. The Bertz CT molecular complexity index is 630. The highest BCUT2D eigenvalue weighted by molar-refractivity contribution is 5.74. The average Bonchev–Trinajstić information content (AvgIpc) is 2.75. The lowest BCUT2D eigenvalue weighted by Gasteiger charge is -2.38. The molecular weight excluding hydrogens is 254 g/mol. The quantitative estimate of drug-likeness (QED) is 0.834. The lowest BCUT2D eigenvalue weighted by Crippen LogP contribution is -2.49. The van der Waals surface area contributed by atoms with Crippen molar-refractivity contribution >= 4 is 5.91 Å². The molecule has 20 heavy (non-hydrogen) atoms. The molecule has 1 amide bonds. The Morgan fingerprint density at radius 3 is 2.95 bits per heavy atom. The van der Waals surface area contributed by atoms with E-state index in [9.17, 15) is 4.79 Å². The monoisotopic (exact) mass is 271 g/mol. The molecule has 0 saturated carbocycles. The highest BCUT2D eigenvalue weighted by atomic mass is 16.2. The van der Waals surface area contributed by atoms with Gasteiger partial charge in [0.1, 0.15) is 5.82 Å². The van der Waals surface area contributed by atoms with Crippen molar-refractivity contribution in [3.05, 3.63) is 41.7 Å². The maximum Gasteiger partial charge on any atom is 0.219 e. The van der Waals surface area contributed by atoms with Crippen molar-refractivity contribution in [2.45, 2.75) is 26.3 Å². The van der Waals surface area contributed by atoms with E-state index in [-0.39, 0.29) is 5.91 Å². The fraction of sp³-hybridized carbons (Fsp3) is 0.429. The summed E-state index contributed by atoms with van der Waals surface area (Å²) in [6.07, 6.45) is 6.44. The Kier molecular flexibility index (Phi) is 3.22. The van der Waals surface area contributed by atoms with Crippen LogP contribution in [0.5, 0.6) is 0 Å². The molecule has 0 aliphatic carbocycles. The van der Waals surface area contributed by atoms with Crippen LogP contribution in [0.3, 0.4) is 0 Å². The van der Waals surface area contributed by atoms with Crippen molar-refractivity contribution < 1.29 is 4.79 Å². The fourth-order valence-electron chi connectivity index (χ4n) is 2.36. The molecule has 0 atom stereocenters. The van der Waals surface area contributed by atoms with Crippen LogP contribution >= 0.6 is 0 Å². The first-order valence-electron chi connectivity index (χ1n) is 6.69. The molecule has 3 heterocycles. The summed E-state index contributed by atoms with van der Waals surface area (Å²) < 4.78 is 1.95. The van der Waals surface area contributed by atoms with Crippen molar-refractivity contribution in [1.82, 2.24) is 24.6 Å². The van der Waals surface area contributed by atoms with Gasteiger partial charge in [0.25, 0.3) is 0 Å². The summed E-state index contributed by atoms with van der Waals surface area (Å²) in [6, 6.07) is 2.23. The summed E-state index contributed by atoms with van der Waals surface area (Å²) in [7, 11) is 0. The lowest BCUT2D eigenvalue weighted by molar-refractivity contribution is -0.134. The van der Waals surface area contributed by atoms with Crippen LogP contribution < -0.4 is 0 Å². The summed E-state index contributed by atoms with van der Waals surface area (Å²) in [5.74, 6) is 0.913. The maximum absolute atomic E-state index is 11.2. The Morgan fingerprint density at radius 1 is 1.45 bits per heavy atom. The van der Waals surface area contributed by atoms with E-state index < -0.39 is 0 Å². The minimum absolute atomic E-state index is 0.130. The normalized spacial score (nSPS) is 15.2. The first-order valence-corrected chi connectivity index (χ1v) is 6.69. The van der Waals surface area contributed by atoms with Crippen LogP contribution in [0.1, 0.15) is 30.0 Å². The van der Waals surface area contributed by atoms with E-state index in [0.29, 0.717) is 6.04 Å². The van der Waals surface area contributed by atoms with Crippen molar-refractivity contribution in [1.29, 1.82) is 0 Å². The van der Waals surface area contributed by atoms with Crippen molar-refractivity contribution in [2.75, 3.05) is 13.1 Å². The van der Waals surface area contributed by atoms with Gasteiger partial charge in [-0.05, 0) is 18.6 Å². The number of carbonyl (C=O) groups excluding carboxylic acids is 1. The predicted octanol–water partition coefficient (Wildman–Crippen LogP) is 0.976. The minimum Gasteiger partial charge on any atom is -0.339 e. The molecule has 6 nitrogen and oxygen atoms in total. The second kappa shape index (κ2) is 5.03. The Morgan fingerprint density at radius 2 is 2.25 bits per heavy atom. The summed E-state index contributed by atoms with van der Waals surface area (Å²) in [4.78, 5) is 21.5.